The van der Waals surface area contributed by atoms with Gasteiger partial charge in [0.05, 0.1) is 17.1 Å². The summed E-state index contributed by atoms with van der Waals surface area (Å²) in [5.41, 5.74) is 0.985. The maximum atomic E-state index is 14.3. The van der Waals surface area contributed by atoms with Crippen LogP contribution in [-0.4, -0.2) is 44.0 Å². The van der Waals surface area contributed by atoms with Gasteiger partial charge in [-0.15, -0.1) is 0 Å². The minimum atomic E-state index is -4.05. The Labute approximate surface area is 157 Å². The van der Waals surface area contributed by atoms with E-state index in [0.717, 1.165) is 6.07 Å². The van der Waals surface area contributed by atoms with E-state index in [0.29, 0.717) is 37.3 Å². The van der Waals surface area contributed by atoms with Crippen molar-refractivity contribution in [3.63, 3.8) is 0 Å². The zero-order valence-corrected chi connectivity index (χ0v) is 15.6. The molecule has 0 unspecified atom stereocenters. The molecule has 1 saturated heterocycles. The summed E-state index contributed by atoms with van der Waals surface area (Å²) in [6.07, 6.45) is 1.02. The van der Waals surface area contributed by atoms with E-state index in [1.165, 1.54) is 6.07 Å². The van der Waals surface area contributed by atoms with Gasteiger partial charge in [0.1, 0.15) is 22.7 Å². The summed E-state index contributed by atoms with van der Waals surface area (Å²) in [5.74, 6) is -1.05. The number of halogens is 3. The molecule has 0 amide bonds. The monoisotopic (exact) mass is 416 g/mol. The number of fused-ring (bicyclic) bond motifs is 3. The number of anilines is 1. The molecule has 0 saturated carbocycles. The number of rotatable bonds is 3. The van der Waals surface area contributed by atoms with Gasteiger partial charge in [0.25, 0.3) is 0 Å². The van der Waals surface area contributed by atoms with Gasteiger partial charge >= 0.3 is 7.60 Å². The number of piperidine rings is 1. The summed E-state index contributed by atoms with van der Waals surface area (Å²) >= 11 is 6.04. The lowest BCUT2D eigenvalue weighted by Gasteiger charge is -2.33. The fourth-order valence-electron chi connectivity index (χ4n) is 3.66. The highest BCUT2D eigenvalue weighted by Crippen LogP contribution is 2.41. The van der Waals surface area contributed by atoms with Crippen molar-refractivity contribution >= 4 is 47.0 Å². The molecular weight excluding hydrogens is 401 g/mol. The molecule has 11 heteroatoms. The van der Waals surface area contributed by atoms with Gasteiger partial charge in [-0.05, 0) is 36.4 Å². The van der Waals surface area contributed by atoms with Gasteiger partial charge in [0.2, 0.25) is 5.28 Å². The Balaban J connectivity index is 1.72. The molecule has 0 aliphatic carbocycles. The van der Waals surface area contributed by atoms with Crippen molar-refractivity contribution in [2.75, 3.05) is 24.2 Å². The number of nitrogens with zero attached hydrogens (tertiary/aromatic N) is 3. The molecule has 4 rings (SSSR count). The van der Waals surface area contributed by atoms with Crippen LogP contribution in [0.3, 0.4) is 0 Å². The second kappa shape index (κ2) is 6.67. The van der Waals surface area contributed by atoms with Crippen LogP contribution in [0.2, 0.25) is 5.28 Å². The number of hydrogen-bond acceptors (Lipinski definition) is 4. The highest BCUT2D eigenvalue weighted by atomic mass is 35.5. The zero-order valence-electron chi connectivity index (χ0n) is 14.0. The van der Waals surface area contributed by atoms with Gasteiger partial charge in [-0.1, -0.05) is 0 Å². The summed E-state index contributed by atoms with van der Waals surface area (Å²) in [4.78, 5) is 31.5. The molecule has 0 atom stereocenters. The predicted molar refractivity (Wildman–Crippen MR) is 98.2 cm³/mol. The second-order valence-electron chi connectivity index (χ2n) is 6.75. The Hall–Kier alpha value is -1.80. The van der Waals surface area contributed by atoms with Crippen molar-refractivity contribution in [1.29, 1.82) is 0 Å². The lowest BCUT2D eigenvalue weighted by Crippen LogP contribution is -2.35. The normalized spacial score (nSPS) is 16.6. The molecule has 1 aromatic carbocycles. The minimum Gasteiger partial charge on any atom is -0.355 e. The second-order valence-corrected chi connectivity index (χ2v) is 8.79. The summed E-state index contributed by atoms with van der Waals surface area (Å²) in [7, 11) is -4.05. The first-order valence-electron chi connectivity index (χ1n) is 8.35. The van der Waals surface area contributed by atoms with Crippen LogP contribution >= 0.6 is 19.2 Å². The van der Waals surface area contributed by atoms with E-state index in [9.17, 15) is 13.3 Å². The Bertz CT molecular complexity index is 1080. The molecule has 3 aromatic rings. The number of hydrogen-bond donors (Lipinski definition) is 3. The van der Waals surface area contributed by atoms with Crippen LogP contribution < -0.4 is 4.90 Å². The van der Waals surface area contributed by atoms with Gasteiger partial charge in [0, 0.05) is 19.2 Å². The standard InChI is InChI=1S/C16H16ClF2N4O3P/c17-16-21-13-12-10(19)5-9(18)6-11(12)20-14(13)15(22-16)23-3-1-8(2-4-23)7-27(24,25)26/h5-6,8,20H,1-4,7H2,(H2,24,25,26). The molecule has 144 valence electrons. The van der Waals surface area contributed by atoms with Crippen LogP contribution in [0.5, 0.6) is 0 Å². The van der Waals surface area contributed by atoms with Crippen molar-refractivity contribution in [2.45, 2.75) is 12.8 Å². The molecule has 1 aliphatic heterocycles. The predicted octanol–water partition coefficient (Wildman–Crippen LogP) is 3.44. The third-order valence-electron chi connectivity index (χ3n) is 4.82. The highest BCUT2D eigenvalue weighted by molar-refractivity contribution is 7.51. The molecule has 3 heterocycles. The zero-order chi connectivity index (χ0) is 19.3. The van der Waals surface area contributed by atoms with E-state index >= 15 is 0 Å². The number of nitrogens with one attached hydrogen (secondary N) is 1. The van der Waals surface area contributed by atoms with Crippen LogP contribution in [0.25, 0.3) is 21.9 Å². The minimum absolute atomic E-state index is 0.0561. The quantitative estimate of drug-likeness (QED) is 0.446. The van der Waals surface area contributed by atoms with E-state index in [4.69, 9.17) is 21.4 Å². The van der Waals surface area contributed by atoms with Crippen LogP contribution in [0.15, 0.2) is 12.1 Å². The maximum Gasteiger partial charge on any atom is 0.325 e. The Morgan fingerprint density at radius 3 is 2.63 bits per heavy atom. The molecule has 1 aliphatic rings. The van der Waals surface area contributed by atoms with E-state index in [1.807, 2.05) is 4.90 Å². The molecular formula is C16H16ClF2N4O3P. The molecule has 3 N–H and O–H groups in total. The van der Waals surface area contributed by atoms with E-state index < -0.39 is 19.2 Å². The van der Waals surface area contributed by atoms with Gasteiger partial charge < -0.3 is 19.7 Å². The third-order valence-corrected chi connectivity index (χ3v) is 5.99. The smallest absolute Gasteiger partial charge is 0.325 e. The van der Waals surface area contributed by atoms with Crippen molar-refractivity contribution in [3.8, 4) is 0 Å². The topological polar surface area (TPSA) is 102 Å². The van der Waals surface area contributed by atoms with Gasteiger partial charge in [0.15, 0.2) is 5.82 Å². The number of benzene rings is 1. The average Bonchev–Trinajstić information content (AvgIpc) is 2.91. The Kier molecular flexibility index (Phi) is 4.58. The molecule has 0 bridgehead atoms. The van der Waals surface area contributed by atoms with Gasteiger partial charge in [-0.3, -0.25) is 4.57 Å². The van der Waals surface area contributed by atoms with E-state index in [1.54, 1.807) is 0 Å². The Morgan fingerprint density at radius 1 is 1.26 bits per heavy atom. The van der Waals surface area contributed by atoms with Crippen LogP contribution in [-0.2, 0) is 4.57 Å². The van der Waals surface area contributed by atoms with Crippen molar-refractivity contribution in [3.05, 3.63) is 29.1 Å². The SMILES string of the molecule is O=P(O)(O)CC1CCN(c2nc(Cl)nc3c2[nH]c2cc(F)cc(F)c23)CC1. The molecule has 0 radical (unpaired) electrons. The highest BCUT2D eigenvalue weighted by Gasteiger charge is 2.28. The van der Waals surface area contributed by atoms with Gasteiger partial charge in [-0.25, -0.2) is 13.8 Å². The van der Waals surface area contributed by atoms with Crippen molar-refractivity contribution < 1.29 is 23.1 Å². The van der Waals surface area contributed by atoms with Crippen LogP contribution in [0.4, 0.5) is 14.6 Å². The fourth-order valence-corrected chi connectivity index (χ4v) is 4.86. The number of H-pyrrole nitrogens is 1. The lowest BCUT2D eigenvalue weighted by molar-refractivity contribution is 0.346. The third kappa shape index (κ3) is 3.65. The summed E-state index contributed by atoms with van der Waals surface area (Å²) in [5, 5.41) is 0.0906. The van der Waals surface area contributed by atoms with Gasteiger partial charge in [-0.2, -0.15) is 4.98 Å². The first-order valence-corrected chi connectivity index (χ1v) is 10.5. The van der Waals surface area contributed by atoms with Crippen LogP contribution in [0, 0.1) is 17.6 Å². The number of aromatic amines is 1. The largest absolute Gasteiger partial charge is 0.355 e. The van der Waals surface area contributed by atoms with E-state index in [-0.39, 0.29) is 33.8 Å². The van der Waals surface area contributed by atoms with E-state index in [2.05, 4.69) is 15.0 Å². The van der Waals surface area contributed by atoms with Crippen molar-refractivity contribution in [1.82, 2.24) is 15.0 Å². The van der Waals surface area contributed by atoms with Crippen LogP contribution in [0.1, 0.15) is 12.8 Å². The fraction of sp³-hybridized carbons (Fsp3) is 0.375. The summed E-state index contributed by atoms with van der Waals surface area (Å²) in [6, 6.07) is 1.98. The summed E-state index contributed by atoms with van der Waals surface area (Å²) < 4.78 is 39.0. The first kappa shape index (κ1) is 18.6. The average molecular weight is 417 g/mol. The molecule has 0 spiro atoms. The van der Waals surface area contributed by atoms with Crippen molar-refractivity contribution in [2.24, 2.45) is 5.92 Å². The number of aromatic nitrogens is 3. The maximum absolute atomic E-state index is 14.3. The lowest BCUT2D eigenvalue weighted by atomic mass is 9.99. The molecule has 1 fully saturated rings. The molecule has 27 heavy (non-hydrogen) atoms. The molecule has 2 aromatic heterocycles. The Morgan fingerprint density at radius 2 is 1.96 bits per heavy atom. The first-order chi connectivity index (χ1) is 12.7. The molecule has 7 nitrogen and oxygen atoms in total. The summed E-state index contributed by atoms with van der Waals surface area (Å²) in [6.45, 7) is 1.03.